The third-order valence-corrected chi connectivity index (χ3v) is 2.91. The van der Waals surface area contributed by atoms with Crippen LogP contribution < -0.4 is 19.5 Å². The zero-order valence-corrected chi connectivity index (χ0v) is 13.0. The molecule has 1 aromatic carbocycles. The summed E-state index contributed by atoms with van der Waals surface area (Å²) in [7, 11) is 4.76. The molecule has 0 saturated heterocycles. The number of carbonyl (C=O) groups is 1. The van der Waals surface area contributed by atoms with Crippen molar-refractivity contribution >= 4 is 5.97 Å². The van der Waals surface area contributed by atoms with Gasteiger partial charge in [0, 0.05) is 24.7 Å². The Kier molecular flexibility index (Phi) is 7.39. The van der Waals surface area contributed by atoms with Gasteiger partial charge in [0.05, 0.1) is 34.4 Å². The maximum absolute atomic E-state index is 11.2. The fourth-order valence-corrected chi connectivity index (χ4v) is 1.88. The van der Waals surface area contributed by atoms with Gasteiger partial charge in [-0.2, -0.15) is 0 Å². The summed E-state index contributed by atoms with van der Waals surface area (Å²) in [5.41, 5.74) is 0.930. The van der Waals surface area contributed by atoms with Gasteiger partial charge in [-0.1, -0.05) is 0 Å². The molecule has 0 heterocycles. The van der Waals surface area contributed by atoms with Crippen molar-refractivity contribution in [3.63, 3.8) is 0 Å². The number of carbonyl (C=O) groups excluding carboxylic acids is 1. The monoisotopic (exact) mass is 297 g/mol. The molecule has 0 saturated carbocycles. The highest BCUT2D eigenvalue weighted by Gasteiger charge is 2.11. The molecule has 0 radical (unpaired) electrons. The maximum atomic E-state index is 11.2. The molecule has 0 aliphatic rings. The molecule has 0 aliphatic heterocycles. The molecule has 1 rings (SSSR count). The molecule has 0 fully saturated rings. The minimum absolute atomic E-state index is 0.204. The van der Waals surface area contributed by atoms with Crippen molar-refractivity contribution in [3.8, 4) is 17.2 Å². The van der Waals surface area contributed by atoms with Crippen LogP contribution in [-0.4, -0.2) is 40.5 Å². The average Bonchev–Trinajstić information content (AvgIpc) is 2.51. The van der Waals surface area contributed by atoms with Crippen molar-refractivity contribution in [2.24, 2.45) is 0 Å². The van der Waals surface area contributed by atoms with Gasteiger partial charge in [-0.05, 0) is 13.0 Å². The SMILES string of the molecule is CCOC(=O)CCNCc1cc(OC)c(OC)cc1OC. The second-order valence-electron chi connectivity index (χ2n) is 4.25. The lowest BCUT2D eigenvalue weighted by molar-refractivity contribution is -0.142. The van der Waals surface area contributed by atoms with Crippen LogP contribution in [0.2, 0.25) is 0 Å². The van der Waals surface area contributed by atoms with Gasteiger partial charge in [-0.3, -0.25) is 4.79 Å². The van der Waals surface area contributed by atoms with Gasteiger partial charge in [-0.15, -0.1) is 0 Å². The summed E-state index contributed by atoms with van der Waals surface area (Å²) in [5, 5.41) is 3.18. The molecule has 0 amide bonds. The number of esters is 1. The Morgan fingerprint density at radius 1 is 1.05 bits per heavy atom. The van der Waals surface area contributed by atoms with Crippen LogP contribution in [-0.2, 0) is 16.1 Å². The van der Waals surface area contributed by atoms with E-state index in [0.29, 0.717) is 43.4 Å². The first-order chi connectivity index (χ1) is 10.2. The van der Waals surface area contributed by atoms with E-state index in [4.69, 9.17) is 18.9 Å². The number of hydrogen-bond acceptors (Lipinski definition) is 6. The Morgan fingerprint density at radius 2 is 1.67 bits per heavy atom. The minimum atomic E-state index is -0.204. The number of benzene rings is 1. The van der Waals surface area contributed by atoms with Crippen LogP contribution >= 0.6 is 0 Å². The van der Waals surface area contributed by atoms with Crippen LogP contribution in [0.3, 0.4) is 0 Å². The van der Waals surface area contributed by atoms with E-state index in [0.717, 1.165) is 5.56 Å². The Labute approximate surface area is 125 Å². The highest BCUT2D eigenvalue weighted by Crippen LogP contribution is 2.34. The molecule has 0 aliphatic carbocycles. The van der Waals surface area contributed by atoms with Crippen LogP contribution in [0.25, 0.3) is 0 Å². The average molecular weight is 297 g/mol. The summed E-state index contributed by atoms with van der Waals surface area (Å²) < 4.78 is 20.7. The summed E-state index contributed by atoms with van der Waals surface area (Å²) in [4.78, 5) is 11.2. The molecule has 6 nitrogen and oxygen atoms in total. The van der Waals surface area contributed by atoms with Crippen molar-refractivity contribution in [2.45, 2.75) is 19.9 Å². The van der Waals surface area contributed by atoms with E-state index < -0.39 is 0 Å². The van der Waals surface area contributed by atoms with E-state index >= 15 is 0 Å². The van der Waals surface area contributed by atoms with E-state index in [1.54, 1.807) is 34.3 Å². The van der Waals surface area contributed by atoms with E-state index in [9.17, 15) is 4.79 Å². The van der Waals surface area contributed by atoms with E-state index in [-0.39, 0.29) is 5.97 Å². The van der Waals surface area contributed by atoms with Crippen LogP contribution in [0.4, 0.5) is 0 Å². The fraction of sp³-hybridized carbons (Fsp3) is 0.533. The molecule has 118 valence electrons. The predicted octanol–water partition coefficient (Wildman–Crippen LogP) is 1.76. The van der Waals surface area contributed by atoms with Gasteiger partial charge in [0.2, 0.25) is 0 Å². The van der Waals surface area contributed by atoms with Crippen molar-refractivity contribution in [2.75, 3.05) is 34.5 Å². The molecule has 0 spiro atoms. The summed E-state index contributed by atoms with van der Waals surface area (Å²) in [6, 6.07) is 3.64. The molecule has 21 heavy (non-hydrogen) atoms. The molecule has 6 heteroatoms. The Bertz CT molecular complexity index is 462. The minimum Gasteiger partial charge on any atom is -0.496 e. The predicted molar refractivity (Wildman–Crippen MR) is 79.1 cm³/mol. The number of ether oxygens (including phenoxy) is 4. The lowest BCUT2D eigenvalue weighted by Gasteiger charge is -2.14. The zero-order chi connectivity index (χ0) is 15.7. The van der Waals surface area contributed by atoms with Crippen LogP contribution in [0.5, 0.6) is 17.2 Å². The number of methoxy groups -OCH3 is 3. The summed E-state index contributed by atoms with van der Waals surface area (Å²) in [6.45, 7) is 3.29. The van der Waals surface area contributed by atoms with Crippen molar-refractivity contribution in [3.05, 3.63) is 17.7 Å². The maximum Gasteiger partial charge on any atom is 0.307 e. The first-order valence-corrected chi connectivity index (χ1v) is 6.81. The fourth-order valence-electron chi connectivity index (χ4n) is 1.88. The molecular weight excluding hydrogens is 274 g/mol. The van der Waals surface area contributed by atoms with E-state index in [1.807, 2.05) is 6.07 Å². The lowest BCUT2D eigenvalue weighted by atomic mass is 10.1. The summed E-state index contributed by atoms with van der Waals surface area (Å²) in [5.74, 6) is 1.76. The van der Waals surface area contributed by atoms with Gasteiger partial charge in [0.15, 0.2) is 11.5 Å². The topological polar surface area (TPSA) is 66.0 Å². The van der Waals surface area contributed by atoms with Gasteiger partial charge in [0.25, 0.3) is 0 Å². The molecule has 0 bridgehead atoms. The quantitative estimate of drug-likeness (QED) is 0.553. The normalized spacial score (nSPS) is 10.1. The molecule has 1 N–H and O–H groups in total. The van der Waals surface area contributed by atoms with Gasteiger partial charge < -0.3 is 24.3 Å². The highest BCUT2D eigenvalue weighted by molar-refractivity contribution is 5.69. The third-order valence-electron chi connectivity index (χ3n) is 2.91. The van der Waals surface area contributed by atoms with Crippen molar-refractivity contribution < 1.29 is 23.7 Å². The Balaban J connectivity index is 2.63. The molecule has 1 aromatic rings. The first-order valence-electron chi connectivity index (χ1n) is 6.81. The molecular formula is C15H23NO5. The smallest absolute Gasteiger partial charge is 0.307 e. The van der Waals surface area contributed by atoms with Crippen LogP contribution in [0.15, 0.2) is 12.1 Å². The third kappa shape index (κ3) is 5.15. The van der Waals surface area contributed by atoms with Gasteiger partial charge in [-0.25, -0.2) is 0 Å². The van der Waals surface area contributed by atoms with E-state index in [1.165, 1.54) is 0 Å². The van der Waals surface area contributed by atoms with Gasteiger partial charge in [0.1, 0.15) is 5.75 Å². The molecule has 0 unspecified atom stereocenters. The second-order valence-corrected chi connectivity index (χ2v) is 4.25. The number of nitrogens with one attached hydrogen (secondary N) is 1. The first kappa shape index (κ1) is 17.1. The lowest BCUT2D eigenvalue weighted by Crippen LogP contribution is -2.19. The number of hydrogen-bond donors (Lipinski definition) is 1. The summed E-state index contributed by atoms with van der Waals surface area (Å²) in [6.07, 6.45) is 0.337. The molecule has 0 atom stereocenters. The molecule has 0 aromatic heterocycles. The van der Waals surface area contributed by atoms with Crippen molar-refractivity contribution in [1.29, 1.82) is 0 Å². The largest absolute Gasteiger partial charge is 0.496 e. The Hall–Kier alpha value is -1.95. The van der Waals surface area contributed by atoms with Crippen LogP contribution in [0, 0.1) is 0 Å². The second kappa shape index (κ2) is 9.07. The van der Waals surface area contributed by atoms with Gasteiger partial charge >= 0.3 is 5.97 Å². The highest BCUT2D eigenvalue weighted by atomic mass is 16.5. The van der Waals surface area contributed by atoms with Crippen LogP contribution in [0.1, 0.15) is 18.9 Å². The van der Waals surface area contributed by atoms with Crippen molar-refractivity contribution in [1.82, 2.24) is 5.32 Å². The standard InChI is InChI=1S/C15H23NO5/c1-5-21-15(17)6-7-16-10-11-8-13(19-3)14(20-4)9-12(11)18-2/h8-9,16H,5-7,10H2,1-4H3. The Morgan fingerprint density at radius 3 is 2.24 bits per heavy atom. The number of rotatable bonds is 9. The summed E-state index contributed by atoms with van der Waals surface area (Å²) >= 11 is 0. The van der Waals surface area contributed by atoms with E-state index in [2.05, 4.69) is 5.32 Å². The zero-order valence-electron chi connectivity index (χ0n) is 13.0.